The summed E-state index contributed by atoms with van der Waals surface area (Å²) in [6.45, 7) is 3.82. The normalized spacial score (nSPS) is 11.5. The van der Waals surface area contributed by atoms with E-state index < -0.39 is 0 Å². The van der Waals surface area contributed by atoms with E-state index in [9.17, 15) is 0 Å². The van der Waals surface area contributed by atoms with Crippen LogP contribution >= 0.6 is 0 Å². The number of pyridine rings is 1. The van der Waals surface area contributed by atoms with Gasteiger partial charge in [-0.25, -0.2) is 4.98 Å². The second kappa shape index (κ2) is 4.90. The minimum absolute atomic E-state index is 1.02. The fourth-order valence-corrected chi connectivity index (χ4v) is 3.61. The highest BCUT2D eigenvalue weighted by Gasteiger charge is 2.22. The lowest BCUT2D eigenvalue weighted by atomic mass is 10.0. The van der Waals surface area contributed by atoms with Crippen molar-refractivity contribution in [2.45, 2.75) is 0 Å². The van der Waals surface area contributed by atoms with E-state index in [1.807, 2.05) is 6.08 Å². The van der Waals surface area contributed by atoms with Crippen molar-refractivity contribution in [1.29, 1.82) is 0 Å². The molecule has 0 unspecified atom stereocenters. The number of rotatable bonds is 2. The SMILES string of the molecule is C=Cc1ccc(-c2cc3c4c(cccc4n2)-c2ccccc2-3)cc1. The molecule has 0 bridgehead atoms. The molecular weight excluding hydrogens is 290 g/mol. The predicted molar refractivity (Wildman–Crippen MR) is 102 cm³/mol. The Kier molecular flexibility index (Phi) is 2.71. The molecule has 1 aliphatic rings. The number of hydrogen-bond donors (Lipinski definition) is 0. The van der Waals surface area contributed by atoms with Crippen molar-refractivity contribution in [3.8, 4) is 33.5 Å². The van der Waals surface area contributed by atoms with Crippen molar-refractivity contribution >= 4 is 17.0 Å². The van der Waals surface area contributed by atoms with Gasteiger partial charge in [0.1, 0.15) is 0 Å². The lowest BCUT2D eigenvalue weighted by Gasteiger charge is -2.07. The molecule has 112 valence electrons. The van der Waals surface area contributed by atoms with Crippen molar-refractivity contribution in [2.24, 2.45) is 0 Å². The molecule has 0 amide bonds. The second-order valence-electron chi connectivity index (χ2n) is 6.13. The van der Waals surface area contributed by atoms with Gasteiger partial charge in [0.2, 0.25) is 0 Å². The first-order chi connectivity index (χ1) is 11.8. The maximum Gasteiger partial charge on any atom is 0.0722 e. The minimum Gasteiger partial charge on any atom is -0.248 e. The van der Waals surface area contributed by atoms with E-state index in [4.69, 9.17) is 4.98 Å². The van der Waals surface area contributed by atoms with Crippen molar-refractivity contribution in [2.75, 3.05) is 0 Å². The average molecular weight is 305 g/mol. The molecule has 1 heteroatoms. The van der Waals surface area contributed by atoms with E-state index in [0.717, 1.165) is 22.3 Å². The molecule has 0 spiro atoms. The van der Waals surface area contributed by atoms with Gasteiger partial charge in [-0.05, 0) is 39.9 Å². The Morgan fingerprint density at radius 2 is 1.42 bits per heavy atom. The van der Waals surface area contributed by atoms with Gasteiger partial charge >= 0.3 is 0 Å². The zero-order chi connectivity index (χ0) is 16.1. The van der Waals surface area contributed by atoms with E-state index in [-0.39, 0.29) is 0 Å². The lowest BCUT2D eigenvalue weighted by Crippen LogP contribution is -1.87. The van der Waals surface area contributed by atoms with Crippen molar-refractivity contribution in [3.63, 3.8) is 0 Å². The van der Waals surface area contributed by atoms with Gasteiger partial charge in [-0.3, -0.25) is 0 Å². The molecule has 0 fully saturated rings. The summed E-state index contributed by atoms with van der Waals surface area (Å²) in [6.07, 6.45) is 1.86. The van der Waals surface area contributed by atoms with E-state index in [1.54, 1.807) is 0 Å². The molecule has 0 aliphatic heterocycles. The molecule has 1 nitrogen and oxygen atoms in total. The highest BCUT2D eigenvalue weighted by molar-refractivity contribution is 6.14. The number of fused-ring (bicyclic) bond motifs is 3. The van der Waals surface area contributed by atoms with Crippen LogP contribution in [0.2, 0.25) is 0 Å². The van der Waals surface area contributed by atoms with Crippen LogP contribution in [-0.4, -0.2) is 4.98 Å². The zero-order valence-electron chi connectivity index (χ0n) is 13.2. The van der Waals surface area contributed by atoms with Gasteiger partial charge in [0.25, 0.3) is 0 Å². The molecule has 1 aliphatic carbocycles. The van der Waals surface area contributed by atoms with Crippen LogP contribution in [0.15, 0.2) is 79.4 Å². The summed E-state index contributed by atoms with van der Waals surface area (Å²) in [7, 11) is 0. The van der Waals surface area contributed by atoms with Gasteiger partial charge in [0.15, 0.2) is 0 Å². The maximum absolute atomic E-state index is 4.92. The van der Waals surface area contributed by atoms with Crippen LogP contribution in [0.25, 0.3) is 50.5 Å². The third-order valence-corrected chi connectivity index (χ3v) is 4.78. The molecule has 1 heterocycles. The van der Waals surface area contributed by atoms with Crippen LogP contribution in [0.4, 0.5) is 0 Å². The summed E-state index contributed by atoms with van der Waals surface area (Å²) in [4.78, 5) is 4.92. The first-order valence-electron chi connectivity index (χ1n) is 8.11. The summed E-state index contributed by atoms with van der Waals surface area (Å²) < 4.78 is 0. The summed E-state index contributed by atoms with van der Waals surface area (Å²) >= 11 is 0. The van der Waals surface area contributed by atoms with Gasteiger partial charge in [-0.15, -0.1) is 0 Å². The minimum atomic E-state index is 1.02. The molecule has 1 aromatic heterocycles. The van der Waals surface area contributed by atoms with E-state index in [2.05, 4.69) is 79.4 Å². The number of aromatic nitrogens is 1. The average Bonchev–Trinajstić information content (AvgIpc) is 2.98. The van der Waals surface area contributed by atoms with E-state index >= 15 is 0 Å². The smallest absolute Gasteiger partial charge is 0.0722 e. The van der Waals surface area contributed by atoms with Gasteiger partial charge in [0, 0.05) is 10.9 Å². The molecule has 4 aromatic rings. The quantitative estimate of drug-likeness (QED) is 0.379. The molecule has 3 aromatic carbocycles. The first kappa shape index (κ1) is 13.3. The standard InChI is InChI=1S/C23H15N/c1-2-15-10-12-16(13-11-15)22-14-20-18-7-4-3-6-17(18)19-8-5-9-21(24-22)23(19)20/h2-14H,1H2. The predicted octanol–water partition coefficient (Wildman–Crippen LogP) is 6.19. The van der Waals surface area contributed by atoms with Gasteiger partial charge in [-0.1, -0.05) is 73.3 Å². The third kappa shape index (κ3) is 1.79. The Labute approximate surface area is 140 Å². The Bertz CT molecular complexity index is 1100. The Morgan fingerprint density at radius 1 is 0.708 bits per heavy atom. The Morgan fingerprint density at radius 3 is 2.17 bits per heavy atom. The first-order valence-corrected chi connectivity index (χ1v) is 8.11. The van der Waals surface area contributed by atoms with E-state index in [1.165, 1.54) is 27.6 Å². The summed E-state index contributed by atoms with van der Waals surface area (Å²) in [5.41, 5.74) is 9.51. The molecule has 0 N–H and O–H groups in total. The fraction of sp³-hybridized carbons (Fsp3) is 0. The van der Waals surface area contributed by atoms with Crippen molar-refractivity contribution < 1.29 is 0 Å². The monoisotopic (exact) mass is 305 g/mol. The Hall–Kier alpha value is -3.19. The second-order valence-corrected chi connectivity index (χ2v) is 6.13. The number of hydrogen-bond acceptors (Lipinski definition) is 1. The van der Waals surface area contributed by atoms with Crippen LogP contribution in [0.1, 0.15) is 5.56 Å². The highest BCUT2D eigenvalue weighted by Crippen LogP contribution is 2.47. The highest BCUT2D eigenvalue weighted by atomic mass is 14.7. The maximum atomic E-state index is 4.92. The van der Waals surface area contributed by atoms with Crippen molar-refractivity contribution in [1.82, 2.24) is 4.98 Å². The van der Waals surface area contributed by atoms with Crippen LogP contribution < -0.4 is 0 Å². The van der Waals surface area contributed by atoms with Gasteiger partial charge in [-0.2, -0.15) is 0 Å². The molecule has 0 atom stereocenters. The van der Waals surface area contributed by atoms with Crippen LogP contribution in [0.5, 0.6) is 0 Å². The topological polar surface area (TPSA) is 12.9 Å². The van der Waals surface area contributed by atoms with E-state index in [0.29, 0.717) is 0 Å². The molecule has 24 heavy (non-hydrogen) atoms. The summed E-state index contributed by atoms with van der Waals surface area (Å²) in [6, 6.07) is 25.6. The molecule has 0 radical (unpaired) electrons. The molecule has 0 saturated carbocycles. The van der Waals surface area contributed by atoms with Crippen LogP contribution in [-0.2, 0) is 0 Å². The molecule has 0 saturated heterocycles. The lowest BCUT2D eigenvalue weighted by molar-refractivity contribution is 1.40. The Balaban J connectivity index is 1.81. The van der Waals surface area contributed by atoms with Crippen molar-refractivity contribution in [3.05, 3.63) is 84.9 Å². The fourth-order valence-electron chi connectivity index (χ4n) is 3.61. The van der Waals surface area contributed by atoms with Crippen LogP contribution in [0, 0.1) is 0 Å². The number of nitrogens with zero attached hydrogens (tertiary/aromatic N) is 1. The zero-order valence-corrected chi connectivity index (χ0v) is 13.2. The molecular formula is C23H15N. The summed E-state index contributed by atoms with van der Waals surface area (Å²) in [5, 5.41) is 1.27. The third-order valence-electron chi connectivity index (χ3n) is 4.78. The molecule has 5 rings (SSSR count). The summed E-state index contributed by atoms with van der Waals surface area (Å²) in [5.74, 6) is 0. The number of benzene rings is 3. The van der Waals surface area contributed by atoms with Gasteiger partial charge in [0.05, 0.1) is 11.2 Å². The van der Waals surface area contributed by atoms with Gasteiger partial charge < -0.3 is 0 Å². The van der Waals surface area contributed by atoms with Crippen LogP contribution in [0.3, 0.4) is 0 Å². The largest absolute Gasteiger partial charge is 0.248 e.